The molecule has 2 N–H and O–H groups in total. The van der Waals surface area contributed by atoms with E-state index in [0.29, 0.717) is 30.1 Å². The van der Waals surface area contributed by atoms with Crippen molar-refractivity contribution < 1.29 is 14.2 Å². The number of aliphatic hydroxyl groups excluding tert-OH is 1. The number of aryl methyl sites for hydroxylation is 1. The highest BCUT2D eigenvalue weighted by Gasteiger charge is 2.31. The summed E-state index contributed by atoms with van der Waals surface area (Å²) < 4.78 is 20.2. The summed E-state index contributed by atoms with van der Waals surface area (Å²) in [5.41, 5.74) is 3.07. The third-order valence-electron chi connectivity index (χ3n) is 5.08. The number of fused-ring (bicyclic) bond motifs is 1. The molecule has 0 atom stereocenters. The van der Waals surface area contributed by atoms with Crippen molar-refractivity contribution >= 4 is 22.4 Å². The number of halogens is 1. The van der Waals surface area contributed by atoms with E-state index in [1.807, 2.05) is 29.8 Å². The average Bonchev–Trinajstić information content (AvgIpc) is 3.16. The Morgan fingerprint density at radius 1 is 1.21 bits per heavy atom. The van der Waals surface area contributed by atoms with Crippen LogP contribution in [-0.4, -0.2) is 45.6 Å². The zero-order chi connectivity index (χ0) is 19.8. The summed E-state index contributed by atoms with van der Waals surface area (Å²) in [5.74, 6) is 1.37. The lowest BCUT2D eigenvalue weighted by Gasteiger charge is -2.18. The standard InChI is InChI=1S/C21H21FN4O2/c1-25-17-8-7-15(28-2)11-16(17)24-21(25)19-18(27)12-26(20(19)23)10-9-13-3-5-14(22)6-4-13/h3-8,11,23,27H,9-10,12H2,1-2H3. The van der Waals surface area contributed by atoms with E-state index < -0.39 is 0 Å². The Labute approximate surface area is 162 Å². The van der Waals surface area contributed by atoms with E-state index in [1.54, 1.807) is 24.1 Å². The summed E-state index contributed by atoms with van der Waals surface area (Å²) in [6.07, 6.45) is 0.656. The minimum absolute atomic E-state index is 0.134. The van der Waals surface area contributed by atoms with Crippen molar-refractivity contribution in [3.63, 3.8) is 0 Å². The Bertz CT molecular complexity index is 1090. The molecule has 1 aromatic heterocycles. The van der Waals surface area contributed by atoms with Gasteiger partial charge in [0.05, 0.1) is 30.3 Å². The molecule has 0 saturated heterocycles. The summed E-state index contributed by atoms with van der Waals surface area (Å²) in [5, 5.41) is 19.1. The Kier molecular flexibility index (Phi) is 4.50. The van der Waals surface area contributed by atoms with Crippen molar-refractivity contribution in [2.24, 2.45) is 7.05 Å². The first-order valence-corrected chi connectivity index (χ1v) is 8.99. The van der Waals surface area contributed by atoms with Gasteiger partial charge in [0.15, 0.2) is 0 Å². The zero-order valence-corrected chi connectivity index (χ0v) is 15.7. The Morgan fingerprint density at radius 3 is 2.68 bits per heavy atom. The highest BCUT2D eigenvalue weighted by atomic mass is 19.1. The van der Waals surface area contributed by atoms with E-state index in [1.165, 1.54) is 12.1 Å². The van der Waals surface area contributed by atoms with Crippen molar-refractivity contribution in [2.75, 3.05) is 20.2 Å². The first kappa shape index (κ1) is 18.0. The quantitative estimate of drug-likeness (QED) is 0.710. The van der Waals surface area contributed by atoms with Gasteiger partial charge in [-0.15, -0.1) is 0 Å². The number of hydrogen-bond donors (Lipinski definition) is 2. The summed E-state index contributed by atoms with van der Waals surface area (Å²) in [6.45, 7) is 0.817. The van der Waals surface area contributed by atoms with Crippen molar-refractivity contribution in [1.29, 1.82) is 5.41 Å². The zero-order valence-electron chi connectivity index (χ0n) is 15.7. The SMILES string of the molecule is COc1ccc2c(c1)nc(C1=C(O)CN(CCc3ccc(F)cc3)C1=N)n2C. The molecule has 0 aliphatic carbocycles. The average molecular weight is 380 g/mol. The van der Waals surface area contributed by atoms with E-state index in [2.05, 4.69) is 4.98 Å². The summed E-state index contributed by atoms with van der Waals surface area (Å²) in [4.78, 5) is 6.42. The number of aliphatic hydroxyl groups is 1. The fourth-order valence-corrected chi connectivity index (χ4v) is 3.50. The van der Waals surface area contributed by atoms with Gasteiger partial charge >= 0.3 is 0 Å². The molecule has 1 aliphatic rings. The van der Waals surface area contributed by atoms with Gasteiger partial charge in [-0.1, -0.05) is 12.1 Å². The molecule has 144 valence electrons. The molecule has 28 heavy (non-hydrogen) atoms. The molecular weight excluding hydrogens is 359 g/mol. The van der Waals surface area contributed by atoms with Crippen LogP contribution in [0.4, 0.5) is 4.39 Å². The molecule has 6 nitrogen and oxygen atoms in total. The van der Waals surface area contributed by atoms with Crippen molar-refractivity contribution in [1.82, 2.24) is 14.5 Å². The maximum absolute atomic E-state index is 13.1. The van der Waals surface area contributed by atoms with Gasteiger partial charge in [0.1, 0.15) is 29.0 Å². The lowest BCUT2D eigenvalue weighted by atomic mass is 10.1. The first-order chi connectivity index (χ1) is 13.5. The molecule has 0 saturated carbocycles. The molecule has 0 amide bonds. The third-order valence-corrected chi connectivity index (χ3v) is 5.08. The Morgan fingerprint density at radius 2 is 1.96 bits per heavy atom. The molecule has 0 spiro atoms. The van der Waals surface area contributed by atoms with Gasteiger partial charge in [-0.2, -0.15) is 0 Å². The topological polar surface area (TPSA) is 74.4 Å². The van der Waals surface area contributed by atoms with Gasteiger partial charge in [0, 0.05) is 19.7 Å². The van der Waals surface area contributed by atoms with Crippen molar-refractivity contribution in [2.45, 2.75) is 6.42 Å². The number of amidine groups is 1. The number of imidazole rings is 1. The molecule has 3 aromatic rings. The molecule has 0 fully saturated rings. The van der Waals surface area contributed by atoms with Gasteiger partial charge in [-0.3, -0.25) is 5.41 Å². The van der Waals surface area contributed by atoms with Crippen molar-refractivity contribution in [3.05, 3.63) is 65.4 Å². The van der Waals surface area contributed by atoms with Crippen molar-refractivity contribution in [3.8, 4) is 5.75 Å². The largest absolute Gasteiger partial charge is 0.510 e. The van der Waals surface area contributed by atoms with Gasteiger partial charge < -0.3 is 19.3 Å². The number of benzene rings is 2. The van der Waals surface area contributed by atoms with Crippen LogP contribution in [0.15, 0.2) is 48.2 Å². The maximum Gasteiger partial charge on any atom is 0.148 e. The molecule has 4 rings (SSSR count). The highest BCUT2D eigenvalue weighted by Crippen LogP contribution is 2.30. The van der Waals surface area contributed by atoms with E-state index in [4.69, 9.17) is 10.1 Å². The predicted octanol–water partition coefficient (Wildman–Crippen LogP) is 3.53. The number of ether oxygens (including phenoxy) is 1. The van der Waals surface area contributed by atoms with Gasteiger partial charge in [-0.25, -0.2) is 9.37 Å². The molecule has 2 aromatic carbocycles. The summed E-state index contributed by atoms with van der Waals surface area (Å²) in [6, 6.07) is 11.9. The number of nitrogens with one attached hydrogen (secondary N) is 1. The van der Waals surface area contributed by atoms with Crippen LogP contribution in [0.5, 0.6) is 5.75 Å². The maximum atomic E-state index is 13.1. The van der Waals surface area contributed by atoms with Crippen LogP contribution in [-0.2, 0) is 13.5 Å². The second-order valence-corrected chi connectivity index (χ2v) is 6.82. The fourth-order valence-electron chi connectivity index (χ4n) is 3.50. The Balaban J connectivity index is 1.57. The number of aromatic nitrogens is 2. The lowest BCUT2D eigenvalue weighted by Crippen LogP contribution is -2.29. The molecule has 0 bridgehead atoms. The molecule has 0 radical (unpaired) electrons. The number of hydrogen-bond acceptors (Lipinski definition) is 4. The Hall–Kier alpha value is -3.35. The van der Waals surface area contributed by atoms with E-state index in [-0.39, 0.29) is 24.0 Å². The predicted molar refractivity (Wildman–Crippen MR) is 106 cm³/mol. The lowest BCUT2D eigenvalue weighted by molar-refractivity contribution is 0.351. The highest BCUT2D eigenvalue weighted by molar-refractivity contribution is 6.23. The van der Waals surface area contributed by atoms with E-state index in [0.717, 1.165) is 16.6 Å². The molecule has 0 unspecified atom stereocenters. The van der Waals surface area contributed by atoms with Gasteiger partial charge in [0.2, 0.25) is 0 Å². The van der Waals surface area contributed by atoms with Crippen LogP contribution in [0.3, 0.4) is 0 Å². The van der Waals surface area contributed by atoms with Crippen LogP contribution in [0, 0.1) is 11.2 Å². The van der Waals surface area contributed by atoms with E-state index >= 15 is 0 Å². The first-order valence-electron chi connectivity index (χ1n) is 8.99. The summed E-state index contributed by atoms with van der Waals surface area (Å²) >= 11 is 0. The monoisotopic (exact) mass is 380 g/mol. The second-order valence-electron chi connectivity index (χ2n) is 6.82. The molecule has 2 heterocycles. The van der Waals surface area contributed by atoms with Crippen LogP contribution >= 0.6 is 0 Å². The van der Waals surface area contributed by atoms with Crippen LogP contribution in [0.25, 0.3) is 16.6 Å². The summed E-state index contributed by atoms with van der Waals surface area (Å²) in [7, 11) is 3.47. The second kappa shape index (κ2) is 6.99. The number of rotatable bonds is 5. The molecule has 1 aliphatic heterocycles. The number of nitrogens with zero attached hydrogens (tertiary/aromatic N) is 3. The third kappa shape index (κ3) is 3.09. The fraction of sp³-hybridized carbons (Fsp3) is 0.238. The minimum atomic E-state index is -0.266. The number of methoxy groups -OCH3 is 1. The van der Waals surface area contributed by atoms with Crippen LogP contribution in [0.2, 0.25) is 0 Å². The smallest absolute Gasteiger partial charge is 0.148 e. The normalized spacial score (nSPS) is 14.4. The molecule has 7 heteroatoms. The van der Waals surface area contributed by atoms with Gasteiger partial charge in [-0.05, 0) is 36.2 Å². The van der Waals surface area contributed by atoms with Crippen LogP contribution < -0.4 is 4.74 Å². The van der Waals surface area contributed by atoms with Crippen LogP contribution in [0.1, 0.15) is 11.4 Å². The molecular formula is C21H21FN4O2. The van der Waals surface area contributed by atoms with E-state index in [9.17, 15) is 9.50 Å². The minimum Gasteiger partial charge on any atom is -0.510 e. The van der Waals surface area contributed by atoms with Gasteiger partial charge in [0.25, 0.3) is 0 Å².